The third-order valence-electron chi connectivity index (χ3n) is 6.26. The summed E-state index contributed by atoms with van der Waals surface area (Å²) in [5.74, 6) is 0. The molecule has 1 unspecified atom stereocenters. The molecule has 2 aliphatic rings. The minimum atomic E-state index is -0.254. The highest BCUT2D eigenvalue weighted by atomic mass is 127. The van der Waals surface area contributed by atoms with Gasteiger partial charge in [-0.25, -0.2) is 4.99 Å². The Morgan fingerprint density at radius 2 is 1.76 bits per heavy atom. The molecule has 3 aromatic carbocycles. The van der Waals surface area contributed by atoms with Crippen LogP contribution in [0.1, 0.15) is 34.7 Å². The first-order valence-corrected chi connectivity index (χ1v) is 13.0. The Morgan fingerprint density at radius 1 is 1.00 bits per heavy atom. The van der Waals surface area contributed by atoms with Crippen molar-refractivity contribution in [3.63, 3.8) is 0 Å². The molecule has 33 heavy (non-hydrogen) atoms. The summed E-state index contributed by atoms with van der Waals surface area (Å²) < 4.78 is 3.64. The highest BCUT2D eigenvalue weighted by Gasteiger charge is 2.33. The van der Waals surface area contributed by atoms with E-state index in [0.29, 0.717) is 9.55 Å². The Morgan fingerprint density at radius 3 is 2.61 bits per heavy atom. The quantitative estimate of drug-likeness (QED) is 0.285. The van der Waals surface area contributed by atoms with Crippen molar-refractivity contribution in [1.29, 1.82) is 0 Å². The maximum atomic E-state index is 13.8. The van der Waals surface area contributed by atoms with Gasteiger partial charge in [-0.3, -0.25) is 9.36 Å². The van der Waals surface area contributed by atoms with Crippen LogP contribution in [-0.4, -0.2) is 4.57 Å². The van der Waals surface area contributed by atoms with Gasteiger partial charge in [-0.2, -0.15) is 0 Å². The van der Waals surface area contributed by atoms with Gasteiger partial charge in [0.1, 0.15) is 0 Å². The third kappa shape index (κ3) is 3.54. The minimum Gasteiger partial charge on any atom is -0.272 e. The second-order valence-corrected chi connectivity index (χ2v) is 10.7. The van der Waals surface area contributed by atoms with Crippen molar-refractivity contribution in [3.8, 4) is 0 Å². The highest BCUT2D eigenvalue weighted by molar-refractivity contribution is 14.1. The number of aromatic nitrogens is 1. The van der Waals surface area contributed by atoms with Crippen LogP contribution in [0.3, 0.4) is 0 Å². The third-order valence-corrected chi connectivity index (χ3v) is 8.57. The molecule has 6 rings (SSSR count). The second-order valence-electron chi connectivity index (χ2n) is 8.16. The molecule has 0 radical (unpaired) electrons. The van der Waals surface area contributed by atoms with Gasteiger partial charge in [0.25, 0.3) is 5.56 Å². The fourth-order valence-electron chi connectivity index (χ4n) is 4.73. The predicted molar refractivity (Wildman–Crippen MR) is 143 cm³/mol. The lowest BCUT2D eigenvalue weighted by Gasteiger charge is -2.31. The molecule has 0 saturated carbocycles. The van der Waals surface area contributed by atoms with E-state index in [4.69, 9.17) is 16.6 Å². The summed E-state index contributed by atoms with van der Waals surface area (Å²) in [6.07, 6.45) is 3.76. The molecule has 3 nitrogen and oxygen atoms in total. The van der Waals surface area contributed by atoms with E-state index in [9.17, 15) is 4.79 Å². The van der Waals surface area contributed by atoms with Gasteiger partial charge in [-0.15, -0.1) is 0 Å². The molecule has 2 heterocycles. The molecule has 4 aromatic rings. The Balaban J connectivity index is 1.66. The Bertz CT molecular complexity index is 1630. The normalized spacial score (nSPS) is 17.3. The topological polar surface area (TPSA) is 34.4 Å². The Kier molecular flexibility index (Phi) is 5.35. The van der Waals surface area contributed by atoms with E-state index in [1.165, 1.54) is 16.9 Å². The monoisotopic (exact) mass is 580 g/mol. The molecule has 0 N–H and O–H groups in total. The largest absolute Gasteiger partial charge is 0.272 e. The number of thiazole rings is 1. The number of halogens is 2. The molecule has 1 aliphatic heterocycles. The van der Waals surface area contributed by atoms with Crippen molar-refractivity contribution >= 4 is 57.3 Å². The van der Waals surface area contributed by atoms with Gasteiger partial charge in [0.2, 0.25) is 0 Å². The number of benzene rings is 3. The molecular weight excluding hydrogens is 563 g/mol. The number of nitrogens with zero attached hydrogens (tertiary/aromatic N) is 2. The zero-order valence-electron chi connectivity index (χ0n) is 17.5. The fourth-order valence-corrected chi connectivity index (χ4v) is 6.50. The van der Waals surface area contributed by atoms with Gasteiger partial charge in [-0.05, 0) is 75.9 Å². The van der Waals surface area contributed by atoms with Crippen molar-refractivity contribution in [1.82, 2.24) is 4.57 Å². The SMILES string of the molecule is O=c1c(=Cc2ccccc2I)sc2n1C(c1ccccc1Cl)C1=C(N=2)c2ccccc2CC1. The van der Waals surface area contributed by atoms with E-state index in [0.717, 1.165) is 49.2 Å². The zero-order chi connectivity index (χ0) is 22.5. The van der Waals surface area contributed by atoms with E-state index in [2.05, 4.69) is 46.9 Å². The molecule has 1 aromatic heterocycles. The standard InChI is InChI=1S/C27H18ClIN2OS/c28-21-11-5-4-10-19(21)25-20-14-13-16-7-1-3-9-18(16)24(20)30-27-31(25)26(32)23(33-27)15-17-8-2-6-12-22(17)29/h1-12,15,25H,13-14H2. The average molecular weight is 581 g/mol. The lowest BCUT2D eigenvalue weighted by Crippen LogP contribution is -2.38. The average Bonchev–Trinajstić information content (AvgIpc) is 3.14. The molecule has 0 spiro atoms. The summed E-state index contributed by atoms with van der Waals surface area (Å²) in [7, 11) is 0. The molecule has 1 atom stereocenters. The first kappa shape index (κ1) is 21.1. The molecule has 6 heteroatoms. The first-order chi connectivity index (χ1) is 16.1. The maximum absolute atomic E-state index is 13.8. The number of hydrogen-bond acceptors (Lipinski definition) is 3. The van der Waals surface area contributed by atoms with Crippen LogP contribution in [0.2, 0.25) is 5.02 Å². The van der Waals surface area contributed by atoms with Crippen molar-refractivity contribution in [3.05, 3.63) is 129 Å². The predicted octanol–water partition coefficient (Wildman–Crippen LogP) is 5.58. The minimum absolute atomic E-state index is 0.0197. The molecule has 0 amide bonds. The van der Waals surface area contributed by atoms with Crippen molar-refractivity contribution in [2.75, 3.05) is 0 Å². The molecule has 162 valence electrons. The maximum Gasteiger partial charge on any atom is 0.271 e. The van der Waals surface area contributed by atoms with Crippen molar-refractivity contribution in [2.24, 2.45) is 4.99 Å². The van der Waals surface area contributed by atoms with Crippen LogP contribution in [0.25, 0.3) is 11.8 Å². The number of rotatable bonds is 2. The van der Waals surface area contributed by atoms with Gasteiger partial charge in [-0.1, -0.05) is 83.6 Å². The summed E-state index contributed by atoms with van der Waals surface area (Å²) >= 11 is 10.4. The summed E-state index contributed by atoms with van der Waals surface area (Å²) in [6, 6.07) is 24.1. The molecular formula is C27H18ClIN2OS. The summed E-state index contributed by atoms with van der Waals surface area (Å²) in [4.78, 5) is 19.5. The van der Waals surface area contributed by atoms with Crippen LogP contribution < -0.4 is 14.9 Å². The molecule has 0 bridgehead atoms. The van der Waals surface area contributed by atoms with Crippen LogP contribution >= 0.6 is 45.5 Å². The van der Waals surface area contributed by atoms with E-state index < -0.39 is 0 Å². The number of aryl methyl sites for hydroxylation is 1. The lowest BCUT2D eigenvalue weighted by molar-refractivity contribution is 0.585. The van der Waals surface area contributed by atoms with Crippen LogP contribution in [-0.2, 0) is 6.42 Å². The first-order valence-electron chi connectivity index (χ1n) is 10.7. The highest BCUT2D eigenvalue weighted by Crippen LogP contribution is 2.42. The van der Waals surface area contributed by atoms with Gasteiger partial charge in [0.15, 0.2) is 4.80 Å². The fraction of sp³-hybridized carbons (Fsp3) is 0.111. The molecule has 0 fully saturated rings. The van der Waals surface area contributed by atoms with E-state index in [1.54, 1.807) is 0 Å². The Hall–Kier alpha value is -2.48. The van der Waals surface area contributed by atoms with Crippen LogP contribution in [0.15, 0.2) is 88.2 Å². The van der Waals surface area contributed by atoms with E-state index >= 15 is 0 Å². The summed E-state index contributed by atoms with van der Waals surface area (Å²) in [5, 5.41) is 0.669. The van der Waals surface area contributed by atoms with Crippen LogP contribution in [0.5, 0.6) is 0 Å². The number of hydrogen-bond donors (Lipinski definition) is 0. The van der Waals surface area contributed by atoms with Gasteiger partial charge in [0.05, 0.1) is 16.3 Å². The summed E-state index contributed by atoms with van der Waals surface area (Å²) in [5.41, 5.74) is 6.57. The van der Waals surface area contributed by atoms with Crippen molar-refractivity contribution in [2.45, 2.75) is 18.9 Å². The molecule has 1 aliphatic carbocycles. The number of allylic oxidation sites excluding steroid dienone is 1. The van der Waals surface area contributed by atoms with Gasteiger partial charge >= 0.3 is 0 Å². The molecule has 0 saturated heterocycles. The Labute approximate surface area is 213 Å². The summed E-state index contributed by atoms with van der Waals surface area (Å²) in [6.45, 7) is 0. The zero-order valence-corrected chi connectivity index (χ0v) is 21.2. The van der Waals surface area contributed by atoms with Crippen molar-refractivity contribution < 1.29 is 0 Å². The second kappa shape index (κ2) is 8.38. The van der Waals surface area contributed by atoms with E-state index in [1.807, 2.05) is 59.2 Å². The lowest BCUT2D eigenvalue weighted by atomic mass is 9.83. The smallest absolute Gasteiger partial charge is 0.271 e. The van der Waals surface area contributed by atoms with Crippen LogP contribution in [0.4, 0.5) is 0 Å². The van der Waals surface area contributed by atoms with Crippen LogP contribution in [0, 0.1) is 3.57 Å². The number of fused-ring (bicyclic) bond motifs is 3. The van der Waals surface area contributed by atoms with Gasteiger partial charge < -0.3 is 0 Å². The van der Waals surface area contributed by atoms with Gasteiger partial charge in [0, 0.05) is 14.2 Å². The van der Waals surface area contributed by atoms with E-state index in [-0.39, 0.29) is 11.6 Å².